The third kappa shape index (κ3) is 3.94. The highest BCUT2D eigenvalue weighted by Crippen LogP contribution is 2.28. The summed E-state index contributed by atoms with van der Waals surface area (Å²) < 4.78 is 20.1. The number of benzene rings is 1. The maximum atomic E-state index is 14.5. The molecule has 1 atom stereocenters. The number of hydrogen-bond donors (Lipinski definition) is 1. The van der Waals surface area contributed by atoms with Gasteiger partial charge in [-0.25, -0.2) is 19.3 Å². The van der Waals surface area contributed by atoms with Crippen molar-refractivity contribution in [2.75, 3.05) is 18.6 Å². The Kier molecular flexibility index (Phi) is 5.33. The Morgan fingerprint density at radius 2 is 2.06 bits per heavy atom. The Balaban J connectivity index is 1.59. The van der Waals surface area contributed by atoms with E-state index in [1.165, 1.54) is 17.2 Å². The summed E-state index contributed by atoms with van der Waals surface area (Å²) >= 11 is 0. The van der Waals surface area contributed by atoms with Crippen molar-refractivity contribution >= 4 is 17.6 Å². The van der Waals surface area contributed by atoms with Crippen LogP contribution >= 0.6 is 0 Å². The number of rotatable bonds is 3. The van der Waals surface area contributed by atoms with Crippen LogP contribution in [0.3, 0.4) is 0 Å². The molecule has 158 valence electrons. The minimum absolute atomic E-state index is 0.0705. The van der Waals surface area contributed by atoms with Crippen LogP contribution in [-0.4, -0.2) is 46.5 Å². The highest BCUT2D eigenvalue weighted by Gasteiger charge is 2.32. The lowest BCUT2D eigenvalue weighted by Crippen LogP contribution is -2.49. The number of amides is 2. The summed E-state index contributed by atoms with van der Waals surface area (Å²) in [6.07, 6.45) is 3.00. The number of aromatic nitrogens is 3. The standard InChI is InChI=1S/C22H20FN5O3/c1-12-6-7-14(15(23)9-12)18-13(2)10-25-19(27-18)21(29)26-16-11-31-17-5-4-8-24-20(17)28(3)22(16)30/h4-10,16H,11H2,1-3H3,(H,26,29)/t16-/m0/s1. The summed E-state index contributed by atoms with van der Waals surface area (Å²) in [4.78, 5) is 39.4. The van der Waals surface area contributed by atoms with E-state index in [9.17, 15) is 14.0 Å². The second-order valence-corrected chi connectivity index (χ2v) is 7.27. The number of pyridine rings is 1. The van der Waals surface area contributed by atoms with Crippen LogP contribution < -0.4 is 15.0 Å². The van der Waals surface area contributed by atoms with Crippen LogP contribution in [0.2, 0.25) is 0 Å². The van der Waals surface area contributed by atoms with Crippen molar-refractivity contribution in [2.24, 2.45) is 0 Å². The van der Waals surface area contributed by atoms with Gasteiger partial charge in [0.1, 0.15) is 18.5 Å². The Hall–Kier alpha value is -3.88. The van der Waals surface area contributed by atoms with Crippen LogP contribution in [0.4, 0.5) is 10.2 Å². The van der Waals surface area contributed by atoms with Crippen molar-refractivity contribution in [1.29, 1.82) is 0 Å². The predicted octanol–water partition coefficient (Wildman–Crippen LogP) is 2.45. The molecule has 1 aliphatic rings. The number of halogens is 1. The Morgan fingerprint density at radius 1 is 1.26 bits per heavy atom. The molecule has 8 nitrogen and oxygen atoms in total. The lowest BCUT2D eigenvalue weighted by molar-refractivity contribution is -0.120. The first-order valence-corrected chi connectivity index (χ1v) is 9.61. The van der Waals surface area contributed by atoms with Gasteiger partial charge in [-0.3, -0.25) is 14.5 Å². The molecule has 0 aliphatic carbocycles. The smallest absolute Gasteiger partial charge is 0.289 e. The van der Waals surface area contributed by atoms with Gasteiger partial charge in [0, 0.05) is 25.0 Å². The molecule has 0 fully saturated rings. The van der Waals surface area contributed by atoms with Crippen molar-refractivity contribution in [3.63, 3.8) is 0 Å². The largest absolute Gasteiger partial charge is 0.487 e. The zero-order valence-corrected chi connectivity index (χ0v) is 17.2. The number of fused-ring (bicyclic) bond motifs is 1. The van der Waals surface area contributed by atoms with Gasteiger partial charge in [0.25, 0.3) is 11.8 Å². The normalized spacial score (nSPS) is 15.7. The van der Waals surface area contributed by atoms with Gasteiger partial charge in [-0.15, -0.1) is 0 Å². The number of aryl methyl sites for hydroxylation is 2. The molecule has 2 aromatic heterocycles. The van der Waals surface area contributed by atoms with E-state index in [1.807, 2.05) is 0 Å². The third-order valence-corrected chi connectivity index (χ3v) is 4.96. The van der Waals surface area contributed by atoms with Crippen molar-refractivity contribution in [3.8, 4) is 17.0 Å². The van der Waals surface area contributed by atoms with E-state index in [0.29, 0.717) is 22.8 Å². The fourth-order valence-corrected chi connectivity index (χ4v) is 3.29. The van der Waals surface area contributed by atoms with E-state index in [-0.39, 0.29) is 23.9 Å². The summed E-state index contributed by atoms with van der Waals surface area (Å²) in [5.41, 5.74) is 1.98. The van der Waals surface area contributed by atoms with Gasteiger partial charge in [-0.1, -0.05) is 6.07 Å². The molecule has 9 heteroatoms. The molecular formula is C22H20FN5O3. The second kappa shape index (κ2) is 8.10. The average Bonchev–Trinajstić information content (AvgIpc) is 2.87. The molecule has 31 heavy (non-hydrogen) atoms. The monoisotopic (exact) mass is 421 g/mol. The number of likely N-dealkylation sites (N-methyl/N-ethyl adjacent to an activating group) is 1. The van der Waals surface area contributed by atoms with Crippen LogP contribution in [0.15, 0.2) is 42.7 Å². The van der Waals surface area contributed by atoms with E-state index in [1.54, 1.807) is 51.4 Å². The topological polar surface area (TPSA) is 97.3 Å². The summed E-state index contributed by atoms with van der Waals surface area (Å²) in [6, 6.07) is 7.21. The molecule has 1 N–H and O–H groups in total. The number of nitrogens with zero attached hydrogens (tertiary/aromatic N) is 4. The minimum Gasteiger partial charge on any atom is -0.487 e. The molecule has 1 aliphatic heterocycles. The first-order valence-electron chi connectivity index (χ1n) is 9.61. The van der Waals surface area contributed by atoms with Gasteiger partial charge in [-0.2, -0.15) is 0 Å². The molecule has 0 saturated carbocycles. The number of ether oxygens (including phenoxy) is 1. The van der Waals surface area contributed by atoms with Gasteiger partial charge in [0.05, 0.1) is 5.69 Å². The van der Waals surface area contributed by atoms with Gasteiger partial charge < -0.3 is 10.1 Å². The summed E-state index contributed by atoms with van der Waals surface area (Å²) in [6.45, 7) is 3.45. The minimum atomic E-state index is -0.962. The Morgan fingerprint density at radius 3 is 2.84 bits per heavy atom. The maximum absolute atomic E-state index is 14.5. The first-order chi connectivity index (χ1) is 14.8. The molecule has 0 spiro atoms. The van der Waals surface area contributed by atoms with Crippen LogP contribution in [0.1, 0.15) is 21.7 Å². The molecule has 0 radical (unpaired) electrons. The summed E-state index contributed by atoms with van der Waals surface area (Å²) in [5, 5.41) is 2.61. The van der Waals surface area contributed by atoms with E-state index >= 15 is 0 Å². The number of carbonyl (C=O) groups is 2. The van der Waals surface area contributed by atoms with Crippen molar-refractivity contribution < 1.29 is 18.7 Å². The predicted molar refractivity (Wildman–Crippen MR) is 111 cm³/mol. The second-order valence-electron chi connectivity index (χ2n) is 7.27. The third-order valence-electron chi connectivity index (χ3n) is 4.96. The Bertz CT molecular complexity index is 1180. The van der Waals surface area contributed by atoms with Crippen LogP contribution in [0, 0.1) is 19.7 Å². The van der Waals surface area contributed by atoms with Crippen LogP contribution in [-0.2, 0) is 4.79 Å². The van der Waals surface area contributed by atoms with Crippen LogP contribution in [0.25, 0.3) is 11.3 Å². The molecule has 1 aromatic carbocycles. The van der Waals surface area contributed by atoms with Crippen molar-refractivity contribution in [2.45, 2.75) is 19.9 Å². The molecule has 2 amide bonds. The van der Waals surface area contributed by atoms with Crippen LogP contribution in [0.5, 0.6) is 5.75 Å². The molecule has 0 saturated heterocycles. The van der Waals surface area contributed by atoms with Gasteiger partial charge in [0.2, 0.25) is 5.82 Å². The van der Waals surface area contributed by atoms with E-state index in [2.05, 4.69) is 20.3 Å². The van der Waals surface area contributed by atoms with Crippen molar-refractivity contribution in [1.82, 2.24) is 20.3 Å². The van der Waals surface area contributed by atoms with E-state index < -0.39 is 17.8 Å². The van der Waals surface area contributed by atoms with E-state index in [0.717, 1.165) is 5.56 Å². The maximum Gasteiger partial charge on any atom is 0.289 e. The fourth-order valence-electron chi connectivity index (χ4n) is 3.29. The van der Waals surface area contributed by atoms with Crippen molar-refractivity contribution in [3.05, 3.63) is 65.5 Å². The number of carbonyl (C=O) groups excluding carboxylic acids is 2. The van der Waals surface area contributed by atoms with Gasteiger partial charge in [0.15, 0.2) is 11.6 Å². The highest BCUT2D eigenvalue weighted by molar-refractivity contribution is 6.01. The first kappa shape index (κ1) is 20.4. The molecular weight excluding hydrogens is 401 g/mol. The Labute approximate surface area is 178 Å². The lowest BCUT2D eigenvalue weighted by atomic mass is 10.1. The number of anilines is 1. The molecule has 4 rings (SSSR count). The zero-order valence-electron chi connectivity index (χ0n) is 17.2. The molecule has 0 unspecified atom stereocenters. The molecule has 0 bridgehead atoms. The van der Waals surface area contributed by atoms with Gasteiger partial charge in [-0.05, 0) is 49.2 Å². The zero-order chi connectivity index (χ0) is 22.1. The number of hydrogen-bond acceptors (Lipinski definition) is 6. The number of nitrogens with one attached hydrogen (secondary N) is 1. The SMILES string of the molecule is Cc1ccc(-c2nc(C(=O)N[C@H]3COc4cccnc4N(C)C3=O)ncc2C)c(F)c1. The highest BCUT2D eigenvalue weighted by atomic mass is 19.1. The lowest BCUT2D eigenvalue weighted by Gasteiger charge is -2.19. The molecule has 3 heterocycles. The van der Waals surface area contributed by atoms with Gasteiger partial charge >= 0.3 is 0 Å². The average molecular weight is 421 g/mol. The quantitative estimate of drug-likeness (QED) is 0.698. The summed E-state index contributed by atoms with van der Waals surface area (Å²) in [7, 11) is 1.56. The molecule has 3 aromatic rings. The summed E-state index contributed by atoms with van der Waals surface area (Å²) in [5.74, 6) is -0.846. The van der Waals surface area contributed by atoms with E-state index in [4.69, 9.17) is 4.74 Å². The fraction of sp³-hybridized carbons (Fsp3) is 0.227.